The van der Waals surface area contributed by atoms with Crippen molar-refractivity contribution in [2.75, 3.05) is 18.5 Å². The standard InChI is InChI=1S/C27H31N3O3S/c1-3-33-24-12-8-7-11-23(24)28-27(32)30(22-13-14-22)19-26(31)29(17-21-9-5-4-6-10-21)18-25-20(2)15-16-34-25/h4-12,15-16,22H,3,13-14,17-19H2,1-2H3,(H,28,32). The number of hydrogen-bond donors (Lipinski definition) is 1. The lowest BCUT2D eigenvalue weighted by atomic mass is 10.2. The number of hydrogen-bond acceptors (Lipinski definition) is 4. The molecule has 1 N–H and O–H groups in total. The van der Waals surface area contributed by atoms with E-state index in [1.807, 2.05) is 66.4 Å². The molecule has 0 spiro atoms. The third-order valence-electron chi connectivity index (χ3n) is 5.85. The summed E-state index contributed by atoms with van der Waals surface area (Å²) in [7, 11) is 0. The molecule has 1 saturated carbocycles. The van der Waals surface area contributed by atoms with E-state index in [2.05, 4.69) is 23.7 Å². The quantitative estimate of drug-likeness (QED) is 0.409. The maximum absolute atomic E-state index is 13.5. The first-order valence-corrected chi connectivity index (χ1v) is 12.6. The largest absolute Gasteiger partial charge is 0.492 e. The summed E-state index contributed by atoms with van der Waals surface area (Å²) in [6.07, 6.45) is 1.83. The second-order valence-corrected chi connectivity index (χ2v) is 9.48. The summed E-state index contributed by atoms with van der Waals surface area (Å²) >= 11 is 1.66. The van der Waals surface area contributed by atoms with Gasteiger partial charge in [0, 0.05) is 17.5 Å². The molecule has 3 amide bonds. The molecule has 2 aromatic carbocycles. The summed E-state index contributed by atoms with van der Waals surface area (Å²) in [5, 5.41) is 5.01. The second-order valence-electron chi connectivity index (χ2n) is 8.48. The lowest BCUT2D eigenvalue weighted by molar-refractivity contribution is -0.133. The SMILES string of the molecule is CCOc1ccccc1NC(=O)N(CC(=O)N(Cc1ccccc1)Cc1sccc1C)C1CC1. The van der Waals surface area contributed by atoms with Crippen LogP contribution in [0, 0.1) is 6.92 Å². The predicted octanol–water partition coefficient (Wildman–Crippen LogP) is 5.68. The third-order valence-corrected chi connectivity index (χ3v) is 6.86. The van der Waals surface area contributed by atoms with Gasteiger partial charge in [-0.3, -0.25) is 4.79 Å². The number of rotatable bonds is 10. The third kappa shape index (κ3) is 6.17. The highest BCUT2D eigenvalue weighted by Crippen LogP contribution is 2.30. The smallest absolute Gasteiger partial charge is 0.322 e. The number of aryl methyl sites for hydroxylation is 1. The Balaban J connectivity index is 1.50. The molecular weight excluding hydrogens is 446 g/mol. The molecule has 3 aromatic rings. The first-order valence-electron chi connectivity index (χ1n) is 11.7. The zero-order valence-electron chi connectivity index (χ0n) is 19.7. The van der Waals surface area contributed by atoms with Crippen LogP contribution in [0.4, 0.5) is 10.5 Å². The number of nitrogens with one attached hydrogen (secondary N) is 1. The molecule has 178 valence electrons. The Morgan fingerprint density at radius 1 is 1.03 bits per heavy atom. The van der Waals surface area contributed by atoms with Crippen molar-refractivity contribution in [1.82, 2.24) is 9.80 Å². The fraction of sp³-hybridized carbons (Fsp3) is 0.333. The van der Waals surface area contributed by atoms with Crippen LogP contribution in [0.5, 0.6) is 5.75 Å². The van der Waals surface area contributed by atoms with Gasteiger partial charge < -0.3 is 19.9 Å². The molecular formula is C27H31N3O3S. The minimum atomic E-state index is -0.269. The molecule has 7 heteroatoms. The number of para-hydroxylation sites is 2. The van der Waals surface area contributed by atoms with Crippen LogP contribution >= 0.6 is 11.3 Å². The first-order chi connectivity index (χ1) is 16.5. The average molecular weight is 478 g/mol. The van der Waals surface area contributed by atoms with E-state index in [0.29, 0.717) is 31.1 Å². The molecule has 0 unspecified atom stereocenters. The van der Waals surface area contributed by atoms with E-state index in [9.17, 15) is 9.59 Å². The Morgan fingerprint density at radius 3 is 2.44 bits per heavy atom. The van der Waals surface area contributed by atoms with Gasteiger partial charge in [0.25, 0.3) is 0 Å². The van der Waals surface area contributed by atoms with E-state index >= 15 is 0 Å². The highest BCUT2D eigenvalue weighted by atomic mass is 32.1. The van der Waals surface area contributed by atoms with Crippen LogP contribution in [-0.2, 0) is 17.9 Å². The molecule has 1 aromatic heterocycles. The molecule has 0 atom stereocenters. The van der Waals surface area contributed by atoms with Crippen molar-refractivity contribution in [3.05, 3.63) is 82.0 Å². The maximum atomic E-state index is 13.5. The van der Waals surface area contributed by atoms with Gasteiger partial charge in [-0.25, -0.2) is 4.79 Å². The molecule has 6 nitrogen and oxygen atoms in total. The molecule has 34 heavy (non-hydrogen) atoms. The summed E-state index contributed by atoms with van der Waals surface area (Å²) in [6.45, 7) is 5.56. The van der Waals surface area contributed by atoms with Crippen LogP contribution in [0.3, 0.4) is 0 Å². The van der Waals surface area contributed by atoms with E-state index < -0.39 is 0 Å². The molecule has 1 aliphatic carbocycles. The number of carbonyl (C=O) groups is 2. The minimum absolute atomic E-state index is 0.0462. The normalized spacial score (nSPS) is 12.8. The Bertz CT molecular complexity index is 1110. The van der Waals surface area contributed by atoms with Gasteiger partial charge in [0.05, 0.1) is 18.8 Å². The maximum Gasteiger partial charge on any atom is 0.322 e. The summed E-state index contributed by atoms with van der Waals surface area (Å²) < 4.78 is 5.64. The number of amides is 3. The van der Waals surface area contributed by atoms with Crippen LogP contribution < -0.4 is 10.1 Å². The summed E-state index contributed by atoms with van der Waals surface area (Å²) in [4.78, 5) is 31.5. The Kier molecular flexibility index (Phi) is 7.85. The average Bonchev–Trinajstić information content (AvgIpc) is 3.60. The van der Waals surface area contributed by atoms with Crippen molar-refractivity contribution < 1.29 is 14.3 Å². The molecule has 0 aliphatic heterocycles. The molecule has 1 heterocycles. The number of nitrogens with zero attached hydrogens (tertiary/aromatic N) is 2. The topological polar surface area (TPSA) is 61.9 Å². The Hall–Kier alpha value is -3.32. The van der Waals surface area contributed by atoms with Gasteiger partial charge in [-0.15, -0.1) is 11.3 Å². The van der Waals surface area contributed by atoms with Gasteiger partial charge in [0.1, 0.15) is 12.3 Å². The van der Waals surface area contributed by atoms with Gasteiger partial charge in [0.15, 0.2) is 0 Å². The highest BCUT2D eigenvalue weighted by Gasteiger charge is 2.35. The lowest BCUT2D eigenvalue weighted by Gasteiger charge is -2.28. The fourth-order valence-corrected chi connectivity index (χ4v) is 4.73. The molecule has 0 radical (unpaired) electrons. The van der Waals surface area contributed by atoms with Crippen molar-refractivity contribution in [1.29, 1.82) is 0 Å². The highest BCUT2D eigenvalue weighted by molar-refractivity contribution is 7.10. The van der Waals surface area contributed by atoms with Crippen molar-refractivity contribution in [3.8, 4) is 5.75 Å². The van der Waals surface area contributed by atoms with Crippen molar-refractivity contribution in [2.45, 2.75) is 45.8 Å². The number of urea groups is 1. The summed E-state index contributed by atoms with van der Waals surface area (Å²) in [6, 6.07) is 19.3. The molecule has 1 aliphatic rings. The first kappa shape index (κ1) is 23.8. The Morgan fingerprint density at radius 2 is 1.76 bits per heavy atom. The van der Waals surface area contributed by atoms with Crippen LogP contribution in [0.1, 0.15) is 35.8 Å². The van der Waals surface area contributed by atoms with Gasteiger partial charge >= 0.3 is 6.03 Å². The number of thiophene rings is 1. The van der Waals surface area contributed by atoms with E-state index in [0.717, 1.165) is 23.3 Å². The van der Waals surface area contributed by atoms with Crippen molar-refractivity contribution >= 4 is 29.0 Å². The van der Waals surface area contributed by atoms with Crippen molar-refractivity contribution in [2.24, 2.45) is 0 Å². The van der Waals surface area contributed by atoms with Gasteiger partial charge in [-0.2, -0.15) is 0 Å². The molecule has 4 rings (SSSR count). The number of benzene rings is 2. The predicted molar refractivity (Wildman–Crippen MR) is 136 cm³/mol. The van der Waals surface area contributed by atoms with Gasteiger partial charge in [-0.1, -0.05) is 42.5 Å². The molecule has 1 fully saturated rings. The number of carbonyl (C=O) groups excluding carboxylic acids is 2. The molecule has 0 saturated heterocycles. The van der Waals surface area contributed by atoms with Crippen molar-refractivity contribution in [3.63, 3.8) is 0 Å². The van der Waals surface area contributed by atoms with Gasteiger partial charge in [0.2, 0.25) is 5.91 Å². The van der Waals surface area contributed by atoms with E-state index in [-0.39, 0.29) is 24.5 Å². The van der Waals surface area contributed by atoms with Crippen LogP contribution in [0.2, 0.25) is 0 Å². The minimum Gasteiger partial charge on any atom is -0.492 e. The van der Waals surface area contributed by atoms with Crippen LogP contribution in [0.15, 0.2) is 66.0 Å². The lowest BCUT2D eigenvalue weighted by Crippen LogP contribution is -2.45. The number of ether oxygens (including phenoxy) is 1. The monoisotopic (exact) mass is 477 g/mol. The van der Waals surface area contributed by atoms with E-state index in [4.69, 9.17) is 4.74 Å². The second kappa shape index (κ2) is 11.2. The van der Waals surface area contributed by atoms with Crippen LogP contribution in [0.25, 0.3) is 0 Å². The summed E-state index contributed by atoms with van der Waals surface area (Å²) in [5.74, 6) is 0.566. The van der Waals surface area contributed by atoms with Crippen LogP contribution in [-0.4, -0.2) is 40.9 Å². The Labute approximate surface area is 205 Å². The van der Waals surface area contributed by atoms with E-state index in [1.165, 1.54) is 5.56 Å². The zero-order valence-corrected chi connectivity index (χ0v) is 20.5. The van der Waals surface area contributed by atoms with Gasteiger partial charge in [-0.05, 0) is 61.4 Å². The molecule has 0 bridgehead atoms. The van der Waals surface area contributed by atoms with E-state index in [1.54, 1.807) is 16.2 Å². The summed E-state index contributed by atoms with van der Waals surface area (Å²) in [5.41, 5.74) is 2.86. The number of anilines is 1. The zero-order chi connectivity index (χ0) is 23.9. The fourth-order valence-electron chi connectivity index (χ4n) is 3.81.